The Hall–Kier alpha value is -2.86. The molecule has 2 fully saturated rings. The highest BCUT2D eigenvalue weighted by atomic mass is 19.1. The Kier molecular flexibility index (Phi) is 7.10. The average Bonchev–Trinajstić information content (AvgIpc) is 3.68. The third-order valence-corrected chi connectivity index (χ3v) is 5.98. The molecule has 0 radical (unpaired) electrons. The summed E-state index contributed by atoms with van der Waals surface area (Å²) in [5.41, 5.74) is 5.12. The Balaban J connectivity index is 0.000000754. The van der Waals surface area contributed by atoms with E-state index in [4.69, 9.17) is 14.6 Å². The fourth-order valence-corrected chi connectivity index (χ4v) is 4.12. The van der Waals surface area contributed by atoms with Gasteiger partial charge in [0.15, 0.2) is 0 Å². The molecule has 0 atom stereocenters. The number of methoxy groups -OCH3 is 1. The molecule has 3 aliphatic rings. The van der Waals surface area contributed by atoms with Crippen LogP contribution in [0.2, 0.25) is 0 Å². The van der Waals surface area contributed by atoms with Crippen LogP contribution in [0.1, 0.15) is 55.2 Å². The molecule has 1 saturated carbocycles. The first-order valence-electron chi connectivity index (χ1n) is 11.3. The monoisotopic (exact) mass is 439 g/mol. The number of piperidine rings is 1. The Morgan fingerprint density at radius 1 is 1.09 bits per heavy atom. The third-order valence-electron chi connectivity index (χ3n) is 5.98. The van der Waals surface area contributed by atoms with Gasteiger partial charge in [0, 0.05) is 30.8 Å². The van der Waals surface area contributed by atoms with Crippen molar-refractivity contribution in [2.75, 3.05) is 26.7 Å². The molecule has 6 heteroatoms. The van der Waals surface area contributed by atoms with Crippen LogP contribution >= 0.6 is 0 Å². The van der Waals surface area contributed by atoms with Gasteiger partial charge in [-0.1, -0.05) is 30.9 Å². The molecule has 32 heavy (non-hydrogen) atoms. The lowest BCUT2D eigenvalue weighted by Crippen LogP contribution is -2.33. The fraction of sp³-hybridized carbons (Fsp3) is 0.423. The normalized spacial score (nSPS) is 17.2. The number of fused-ring (bicyclic) bond motifs is 2. The van der Waals surface area contributed by atoms with Crippen LogP contribution in [0, 0.1) is 5.82 Å². The quantitative estimate of drug-likeness (QED) is 0.703. The number of likely N-dealkylation sites (tertiary alicyclic amines) is 1. The maximum Gasteiger partial charge on any atom is 0.304 e. The van der Waals surface area contributed by atoms with Crippen molar-refractivity contribution in [3.63, 3.8) is 0 Å². The predicted octanol–water partition coefficient (Wildman–Crippen LogP) is 5.27. The van der Waals surface area contributed by atoms with Gasteiger partial charge in [0.05, 0.1) is 13.5 Å². The van der Waals surface area contributed by atoms with E-state index in [0.717, 1.165) is 53.9 Å². The van der Waals surface area contributed by atoms with Crippen molar-refractivity contribution < 1.29 is 23.8 Å². The Morgan fingerprint density at radius 2 is 1.84 bits per heavy atom. The van der Waals surface area contributed by atoms with Gasteiger partial charge in [-0.3, -0.25) is 4.79 Å². The van der Waals surface area contributed by atoms with Crippen LogP contribution in [0.5, 0.6) is 11.5 Å². The number of carbonyl (C=O) groups is 1. The van der Waals surface area contributed by atoms with Crippen molar-refractivity contribution in [2.45, 2.75) is 45.1 Å². The van der Waals surface area contributed by atoms with Gasteiger partial charge in [0.25, 0.3) is 0 Å². The molecule has 0 bridgehead atoms. The summed E-state index contributed by atoms with van der Waals surface area (Å²) in [6.07, 6.45) is 6.28. The number of benzene rings is 2. The standard InChI is InChI=1S/C23H24FNO4.C3H6/c1-28-18-3-4-19-16(12-18)14-29-21-5-2-17(24)13-20(21)23(19)15-6-9-25(10-7-15)11-8-22(26)27;1-2-3-1/h2-5,12-13H,6-11,14H2,1H3,(H,26,27);1-3H2. The number of hydrogen-bond donors (Lipinski definition) is 1. The highest BCUT2D eigenvalue weighted by molar-refractivity contribution is 5.87. The summed E-state index contributed by atoms with van der Waals surface area (Å²) in [6.45, 7) is 2.54. The van der Waals surface area contributed by atoms with Crippen LogP contribution in [0.4, 0.5) is 4.39 Å². The molecular formula is C26H30FNO4. The molecule has 0 unspecified atom stereocenters. The highest BCUT2D eigenvalue weighted by Crippen LogP contribution is 2.42. The number of aliphatic carboxylic acids is 1. The molecule has 0 spiro atoms. The smallest absolute Gasteiger partial charge is 0.304 e. The zero-order valence-electron chi connectivity index (χ0n) is 18.5. The van der Waals surface area contributed by atoms with E-state index in [0.29, 0.717) is 18.9 Å². The Morgan fingerprint density at radius 3 is 2.50 bits per heavy atom. The van der Waals surface area contributed by atoms with E-state index in [-0.39, 0.29) is 12.2 Å². The van der Waals surface area contributed by atoms with Gasteiger partial charge in [-0.25, -0.2) is 4.39 Å². The first-order valence-corrected chi connectivity index (χ1v) is 11.3. The van der Waals surface area contributed by atoms with Crippen molar-refractivity contribution in [3.8, 4) is 11.5 Å². The molecule has 2 aliphatic heterocycles. The van der Waals surface area contributed by atoms with Crippen molar-refractivity contribution in [2.24, 2.45) is 0 Å². The minimum absolute atomic E-state index is 0.149. The summed E-state index contributed by atoms with van der Waals surface area (Å²) in [5.74, 6) is 0.373. The maximum atomic E-state index is 14.1. The number of hydrogen-bond acceptors (Lipinski definition) is 4. The molecule has 2 aromatic carbocycles. The predicted molar refractivity (Wildman–Crippen MR) is 122 cm³/mol. The van der Waals surface area contributed by atoms with Gasteiger partial charge in [0.2, 0.25) is 0 Å². The molecule has 2 heterocycles. The minimum Gasteiger partial charge on any atom is -0.497 e. The number of carboxylic acid groups (broad SMARTS) is 1. The van der Waals surface area contributed by atoms with Crippen LogP contribution in [-0.2, 0) is 11.4 Å². The first-order chi connectivity index (χ1) is 15.5. The zero-order chi connectivity index (χ0) is 22.5. The summed E-state index contributed by atoms with van der Waals surface area (Å²) in [6, 6.07) is 10.6. The number of carboxylic acids is 1. The molecule has 170 valence electrons. The van der Waals surface area contributed by atoms with Crippen LogP contribution in [0.25, 0.3) is 5.57 Å². The molecule has 0 aromatic heterocycles. The molecule has 1 saturated heterocycles. The number of halogens is 1. The van der Waals surface area contributed by atoms with Gasteiger partial charge in [-0.15, -0.1) is 0 Å². The second-order valence-electron chi connectivity index (χ2n) is 8.48. The van der Waals surface area contributed by atoms with Gasteiger partial charge in [-0.2, -0.15) is 0 Å². The fourth-order valence-electron chi connectivity index (χ4n) is 4.12. The van der Waals surface area contributed by atoms with Gasteiger partial charge >= 0.3 is 5.97 Å². The lowest BCUT2D eigenvalue weighted by atomic mass is 9.86. The van der Waals surface area contributed by atoms with E-state index in [2.05, 4.69) is 4.90 Å². The van der Waals surface area contributed by atoms with E-state index in [9.17, 15) is 9.18 Å². The summed E-state index contributed by atoms with van der Waals surface area (Å²) in [7, 11) is 1.63. The van der Waals surface area contributed by atoms with Crippen LogP contribution in [0.3, 0.4) is 0 Å². The molecule has 1 N–H and O–H groups in total. The summed E-state index contributed by atoms with van der Waals surface area (Å²) >= 11 is 0. The largest absolute Gasteiger partial charge is 0.497 e. The van der Waals surface area contributed by atoms with Crippen molar-refractivity contribution in [1.82, 2.24) is 4.90 Å². The minimum atomic E-state index is -0.776. The van der Waals surface area contributed by atoms with Gasteiger partial charge in [-0.05, 0) is 54.3 Å². The van der Waals surface area contributed by atoms with E-state index in [1.807, 2.05) is 18.2 Å². The van der Waals surface area contributed by atoms with Gasteiger partial charge < -0.3 is 19.5 Å². The SMILES string of the molecule is C1CC1.COc1ccc2c(c1)COc1ccc(F)cc1C2=C1CCN(CCC(=O)O)CC1. The maximum absolute atomic E-state index is 14.1. The van der Waals surface area contributed by atoms with Crippen LogP contribution in [0.15, 0.2) is 42.0 Å². The van der Waals surface area contributed by atoms with Crippen LogP contribution in [-0.4, -0.2) is 42.7 Å². The Labute approximate surface area is 188 Å². The lowest BCUT2D eigenvalue weighted by molar-refractivity contribution is -0.137. The average molecular weight is 440 g/mol. The second-order valence-corrected chi connectivity index (χ2v) is 8.48. The molecule has 5 nitrogen and oxygen atoms in total. The molecule has 0 amide bonds. The van der Waals surface area contributed by atoms with E-state index >= 15 is 0 Å². The topological polar surface area (TPSA) is 59.0 Å². The molecule has 5 rings (SSSR count). The molecule has 2 aromatic rings. The van der Waals surface area contributed by atoms with E-state index < -0.39 is 5.97 Å². The van der Waals surface area contributed by atoms with Gasteiger partial charge in [0.1, 0.15) is 23.9 Å². The third kappa shape index (κ3) is 5.49. The molecule has 1 aliphatic carbocycles. The van der Waals surface area contributed by atoms with E-state index in [1.165, 1.54) is 30.9 Å². The van der Waals surface area contributed by atoms with Crippen molar-refractivity contribution in [1.29, 1.82) is 0 Å². The van der Waals surface area contributed by atoms with Crippen molar-refractivity contribution >= 4 is 11.5 Å². The number of rotatable bonds is 4. The van der Waals surface area contributed by atoms with E-state index in [1.54, 1.807) is 19.2 Å². The zero-order valence-corrected chi connectivity index (χ0v) is 18.5. The number of nitrogens with zero attached hydrogens (tertiary/aromatic N) is 1. The summed E-state index contributed by atoms with van der Waals surface area (Å²) < 4.78 is 25.5. The van der Waals surface area contributed by atoms with Crippen LogP contribution < -0.4 is 9.47 Å². The number of ether oxygens (including phenoxy) is 2. The molecular weight excluding hydrogens is 409 g/mol. The highest BCUT2D eigenvalue weighted by Gasteiger charge is 2.25. The summed E-state index contributed by atoms with van der Waals surface area (Å²) in [4.78, 5) is 13.0. The lowest BCUT2D eigenvalue weighted by Gasteiger charge is -2.30. The Bertz CT molecular complexity index is 1000. The summed E-state index contributed by atoms with van der Waals surface area (Å²) in [5, 5.41) is 8.92. The second kappa shape index (κ2) is 10.2. The van der Waals surface area contributed by atoms with Crippen molar-refractivity contribution in [3.05, 3.63) is 64.5 Å². The first kappa shape index (κ1) is 22.3.